The number of β-amino-alcohol motifs (C(OH)–C–C–N with tert-alkyl or cyclic N) is 1. The Morgan fingerprint density at radius 1 is 1.18 bits per heavy atom. The van der Waals surface area contributed by atoms with Gasteiger partial charge in [0.05, 0.1) is 18.4 Å². The fourth-order valence-corrected chi connectivity index (χ4v) is 3.84. The second kappa shape index (κ2) is 5.96. The SMILES string of the molecule is CS(=O)(=O)N[C@@H]1CN(Cc2cccc3ccccc23)C[C@H]1O. The summed E-state index contributed by atoms with van der Waals surface area (Å²) in [5, 5.41) is 12.4. The van der Waals surface area contributed by atoms with E-state index in [1.807, 2.05) is 18.2 Å². The Balaban J connectivity index is 1.76. The molecule has 0 unspecified atom stereocenters. The molecule has 2 aromatic carbocycles. The first-order valence-corrected chi connectivity index (χ1v) is 9.16. The Bertz CT molecular complexity index is 771. The van der Waals surface area contributed by atoms with E-state index in [-0.39, 0.29) is 0 Å². The molecule has 0 aliphatic carbocycles. The number of hydrogen-bond donors (Lipinski definition) is 2. The Kier molecular flexibility index (Phi) is 4.18. The van der Waals surface area contributed by atoms with Crippen LogP contribution in [-0.2, 0) is 16.6 Å². The van der Waals surface area contributed by atoms with Crippen molar-refractivity contribution in [3.8, 4) is 0 Å². The van der Waals surface area contributed by atoms with Gasteiger partial charge in [0.15, 0.2) is 0 Å². The van der Waals surface area contributed by atoms with E-state index in [2.05, 4.69) is 33.9 Å². The van der Waals surface area contributed by atoms with E-state index >= 15 is 0 Å². The number of likely N-dealkylation sites (tertiary alicyclic amines) is 1. The van der Waals surface area contributed by atoms with Crippen LogP contribution in [0.3, 0.4) is 0 Å². The molecule has 0 amide bonds. The van der Waals surface area contributed by atoms with Crippen LogP contribution in [0.15, 0.2) is 42.5 Å². The molecule has 1 aliphatic heterocycles. The van der Waals surface area contributed by atoms with Gasteiger partial charge in [-0.2, -0.15) is 0 Å². The van der Waals surface area contributed by atoms with Crippen LogP contribution < -0.4 is 4.72 Å². The molecule has 2 N–H and O–H groups in total. The third-order valence-electron chi connectivity index (χ3n) is 4.00. The molecule has 1 saturated heterocycles. The van der Waals surface area contributed by atoms with Crippen molar-refractivity contribution in [3.05, 3.63) is 48.0 Å². The highest BCUT2D eigenvalue weighted by atomic mass is 32.2. The largest absolute Gasteiger partial charge is 0.390 e. The number of rotatable bonds is 4. The van der Waals surface area contributed by atoms with Crippen LogP contribution in [0.5, 0.6) is 0 Å². The molecule has 0 spiro atoms. The molecule has 118 valence electrons. The van der Waals surface area contributed by atoms with Gasteiger partial charge in [-0.1, -0.05) is 42.5 Å². The molecule has 1 fully saturated rings. The third kappa shape index (κ3) is 3.47. The minimum atomic E-state index is -3.31. The highest BCUT2D eigenvalue weighted by molar-refractivity contribution is 7.88. The quantitative estimate of drug-likeness (QED) is 0.879. The number of aliphatic hydroxyl groups is 1. The van der Waals surface area contributed by atoms with Gasteiger partial charge in [0.25, 0.3) is 0 Å². The molecule has 0 saturated carbocycles. The Hall–Kier alpha value is -1.47. The predicted molar refractivity (Wildman–Crippen MR) is 87.0 cm³/mol. The predicted octanol–water partition coefficient (Wildman–Crippen LogP) is 0.934. The van der Waals surface area contributed by atoms with Gasteiger partial charge < -0.3 is 5.11 Å². The first kappa shape index (κ1) is 15.4. The van der Waals surface area contributed by atoms with Gasteiger partial charge in [0.1, 0.15) is 0 Å². The van der Waals surface area contributed by atoms with Crippen molar-refractivity contribution in [2.75, 3.05) is 19.3 Å². The minimum absolute atomic E-state index is 0.440. The van der Waals surface area contributed by atoms with E-state index < -0.39 is 22.2 Å². The second-order valence-corrected chi connectivity index (χ2v) is 7.68. The molecule has 0 radical (unpaired) electrons. The van der Waals surface area contributed by atoms with Crippen molar-refractivity contribution in [1.82, 2.24) is 9.62 Å². The summed E-state index contributed by atoms with van der Waals surface area (Å²) in [6, 6.07) is 13.9. The van der Waals surface area contributed by atoms with E-state index in [1.165, 1.54) is 16.3 Å². The number of benzene rings is 2. The summed E-state index contributed by atoms with van der Waals surface area (Å²) in [7, 11) is -3.31. The molecular formula is C16H20N2O3S. The van der Waals surface area contributed by atoms with Crippen molar-refractivity contribution >= 4 is 20.8 Å². The molecule has 3 rings (SSSR count). The molecule has 2 aromatic rings. The molecule has 1 aliphatic rings. The minimum Gasteiger partial charge on any atom is -0.390 e. The zero-order chi connectivity index (χ0) is 15.7. The van der Waals surface area contributed by atoms with Gasteiger partial charge in [0, 0.05) is 19.6 Å². The van der Waals surface area contributed by atoms with Crippen LogP contribution in [0, 0.1) is 0 Å². The lowest BCUT2D eigenvalue weighted by Crippen LogP contribution is -2.42. The maximum atomic E-state index is 11.3. The normalized spacial score (nSPS) is 23.2. The van der Waals surface area contributed by atoms with E-state index in [0.29, 0.717) is 19.6 Å². The average molecular weight is 320 g/mol. The number of sulfonamides is 1. The fraction of sp³-hybridized carbons (Fsp3) is 0.375. The molecule has 2 atom stereocenters. The zero-order valence-corrected chi connectivity index (χ0v) is 13.3. The lowest BCUT2D eigenvalue weighted by atomic mass is 10.0. The van der Waals surface area contributed by atoms with Gasteiger partial charge in [-0.05, 0) is 16.3 Å². The van der Waals surface area contributed by atoms with Crippen molar-refractivity contribution in [3.63, 3.8) is 0 Å². The molecule has 6 heteroatoms. The third-order valence-corrected chi connectivity index (χ3v) is 4.73. The summed E-state index contributed by atoms with van der Waals surface area (Å²) in [4.78, 5) is 2.08. The highest BCUT2D eigenvalue weighted by Gasteiger charge is 2.33. The number of aliphatic hydroxyl groups excluding tert-OH is 1. The van der Waals surface area contributed by atoms with E-state index in [0.717, 1.165) is 6.26 Å². The van der Waals surface area contributed by atoms with Gasteiger partial charge in [0.2, 0.25) is 10.0 Å². The summed E-state index contributed by atoms with van der Waals surface area (Å²) in [5.74, 6) is 0. The van der Waals surface area contributed by atoms with Crippen molar-refractivity contribution < 1.29 is 13.5 Å². The zero-order valence-electron chi connectivity index (χ0n) is 12.4. The molecule has 0 aromatic heterocycles. The van der Waals surface area contributed by atoms with Crippen molar-refractivity contribution in [2.24, 2.45) is 0 Å². The van der Waals surface area contributed by atoms with Crippen LogP contribution in [-0.4, -0.2) is 49.9 Å². The van der Waals surface area contributed by atoms with Gasteiger partial charge in [-0.25, -0.2) is 13.1 Å². The number of nitrogens with zero attached hydrogens (tertiary/aromatic N) is 1. The van der Waals surface area contributed by atoms with Crippen molar-refractivity contribution in [2.45, 2.75) is 18.7 Å². The van der Waals surface area contributed by atoms with Gasteiger partial charge in [-0.3, -0.25) is 4.90 Å². The first-order chi connectivity index (χ1) is 10.4. The Morgan fingerprint density at radius 2 is 1.91 bits per heavy atom. The topological polar surface area (TPSA) is 69.6 Å². The lowest BCUT2D eigenvalue weighted by molar-refractivity contribution is 0.160. The van der Waals surface area contributed by atoms with Crippen LogP contribution in [0.2, 0.25) is 0 Å². The van der Waals surface area contributed by atoms with Crippen LogP contribution in [0.1, 0.15) is 5.56 Å². The number of nitrogens with one attached hydrogen (secondary N) is 1. The average Bonchev–Trinajstić information content (AvgIpc) is 2.77. The standard InChI is InChI=1S/C16H20N2O3S/c1-22(20,21)17-15-10-18(11-16(15)19)9-13-7-4-6-12-5-2-3-8-14(12)13/h2-8,15-17,19H,9-11H2,1H3/t15-,16-/m1/s1. The summed E-state index contributed by atoms with van der Waals surface area (Å²) in [6.07, 6.45) is 0.442. The highest BCUT2D eigenvalue weighted by Crippen LogP contribution is 2.22. The smallest absolute Gasteiger partial charge is 0.209 e. The Labute approximate surface area is 130 Å². The maximum Gasteiger partial charge on any atom is 0.209 e. The molecular weight excluding hydrogens is 300 g/mol. The number of hydrogen-bond acceptors (Lipinski definition) is 4. The monoisotopic (exact) mass is 320 g/mol. The summed E-state index contributed by atoms with van der Waals surface area (Å²) in [6.45, 7) is 1.67. The lowest BCUT2D eigenvalue weighted by Gasteiger charge is -2.17. The molecule has 22 heavy (non-hydrogen) atoms. The van der Waals surface area contributed by atoms with Gasteiger partial charge in [-0.15, -0.1) is 0 Å². The van der Waals surface area contributed by atoms with Crippen LogP contribution in [0.25, 0.3) is 10.8 Å². The summed E-state index contributed by atoms with van der Waals surface area (Å²) in [5.41, 5.74) is 1.19. The summed E-state index contributed by atoms with van der Waals surface area (Å²) >= 11 is 0. The van der Waals surface area contributed by atoms with Crippen LogP contribution in [0.4, 0.5) is 0 Å². The first-order valence-electron chi connectivity index (χ1n) is 7.27. The maximum absolute atomic E-state index is 11.3. The summed E-state index contributed by atoms with van der Waals surface area (Å²) < 4.78 is 25.2. The van der Waals surface area contributed by atoms with Crippen molar-refractivity contribution in [1.29, 1.82) is 0 Å². The molecule has 1 heterocycles. The Morgan fingerprint density at radius 3 is 2.68 bits per heavy atom. The molecule has 5 nitrogen and oxygen atoms in total. The second-order valence-electron chi connectivity index (χ2n) is 5.90. The van der Waals surface area contributed by atoms with E-state index in [9.17, 15) is 13.5 Å². The fourth-order valence-electron chi connectivity index (χ4n) is 3.06. The van der Waals surface area contributed by atoms with Gasteiger partial charge >= 0.3 is 0 Å². The van der Waals surface area contributed by atoms with Crippen LogP contribution >= 0.6 is 0 Å². The molecule has 0 bridgehead atoms. The van der Waals surface area contributed by atoms with E-state index in [1.54, 1.807) is 0 Å². The number of fused-ring (bicyclic) bond motifs is 1. The van der Waals surface area contributed by atoms with E-state index in [4.69, 9.17) is 0 Å².